The number of methoxy groups -OCH3 is 4. The zero-order valence-electron chi connectivity index (χ0n) is 21.5. The van der Waals surface area contributed by atoms with Gasteiger partial charge in [0.25, 0.3) is 5.56 Å². The van der Waals surface area contributed by atoms with Crippen molar-refractivity contribution < 1.29 is 28.5 Å². The molecule has 10 heteroatoms. The number of benzene rings is 2. The van der Waals surface area contributed by atoms with Crippen LogP contribution in [-0.2, 0) is 9.53 Å². The van der Waals surface area contributed by atoms with E-state index in [2.05, 4.69) is 4.99 Å². The molecule has 0 spiro atoms. The number of hydrogen-bond donors (Lipinski definition) is 0. The Morgan fingerprint density at radius 1 is 1.00 bits per heavy atom. The van der Waals surface area contributed by atoms with Crippen LogP contribution < -0.4 is 33.8 Å². The molecule has 194 valence electrons. The van der Waals surface area contributed by atoms with Gasteiger partial charge in [-0.15, -0.1) is 0 Å². The molecule has 0 saturated carbocycles. The Bertz CT molecular complexity index is 1530. The first-order valence-electron chi connectivity index (χ1n) is 11.5. The summed E-state index contributed by atoms with van der Waals surface area (Å²) >= 11 is 1.23. The highest BCUT2D eigenvalue weighted by atomic mass is 32.1. The average Bonchev–Trinajstić information content (AvgIpc) is 3.21. The molecule has 0 N–H and O–H groups in total. The molecule has 2 heterocycles. The predicted molar refractivity (Wildman–Crippen MR) is 139 cm³/mol. The van der Waals surface area contributed by atoms with Gasteiger partial charge in [0.05, 0.1) is 56.9 Å². The summed E-state index contributed by atoms with van der Waals surface area (Å²) in [5.74, 6) is 1.67. The summed E-state index contributed by atoms with van der Waals surface area (Å²) in [5, 5.41) is 0. The third kappa shape index (κ3) is 4.84. The maximum atomic E-state index is 13.8. The molecule has 0 radical (unpaired) electrons. The van der Waals surface area contributed by atoms with Crippen LogP contribution in [-0.4, -0.2) is 45.6 Å². The molecule has 2 aromatic carbocycles. The van der Waals surface area contributed by atoms with E-state index in [-0.39, 0.29) is 12.2 Å². The zero-order valence-corrected chi connectivity index (χ0v) is 22.3. The van der Waals surface area contributed by atoms with E-state index in [4.69, 9.17) is 23.7 Å². The van der Waals surface area contributed by atoms with E-state index in [1.165, 1.54) is 30.1 Å². The largest absolute Gasteiger partial charge is 0.497 e. The molecule has 1 aliphatic heterocycles. The van der Waals surface area contributed by atoms with Gasteiger partial charge in [0, 0.05) is 11.6 Å². The summed E-state index contributed by atoms with van der Waals surface area (Å²) in [7, 11) is 6.20. The van der Waals surface area contributed by atoms with E-state index >= 15 is 0 Å². The lowest BCUT2D eigenvalue weighted by Crippen LogP contribution is -2.39. The summed E-state index contributed by atoms with van der Waals surface area (Å²) in [6.07, 6.45) is 1.72. The molecule has 1 atom stereocenters. The molecule has 4 rings (SSSR count). The first-order valence-corrected chi connectivity index (χ1v) is 12.3. The van der Waals surface area contributed by atoms with Gasteiger partial charge in [-0.05, 0) is 43.7 Å². The lowest BCUT2D eigenvalue weighted by atomic mass is 9.96. The van der Waals surface area contributed by atoms with Crippen LogP contribution in [0.25, 0.3) is 6.08 Å². The number of carbonyl (C=O) groups is 1. The average molecular weight is 525 g/mol. The third-order valence-corrected chi connectivity index (χ3v) is 6.95. The molecule has 0 amide bonds. The van der Waals surface area contributed by atoms with E-state index in [9.17, 15) is 9.59 Å². The number of aromatic nitrogens is 1. The van der Waals surface area contributed by atoms with Crippen molar-refractivity contribution in [1.29, 1.82) is 0 Å². The van der Waals surface area contributed by atoms with Crippen LogP contribution in [0.3, 0.4) is 0 Å². The minimum atomic E-state index is -0.712. The summed E-state index contributed by atoms with van der Waals surface area (Å²) in [6, 6.07) is 9.97. The maximum absolute atomic E-state index is 13.8. The monoisotopic (exact) mass is 524 g/mol. The van der Waals surface area contributed by atoms with Crippen molar-refractivity contribution >= 4 is 23.4 Å². The Hall–Kier alpha value is -4.05. The Morgan fingerprint density at radius 2 is 1.65 bits per heavy atom. The smallest absolute Gasteiger partial charge is 0.338 e. The second-order valence-corrected chi connectivity index (χ2v) is 9.03. The normalized spacial score (nSPS) is 15.1. The molecule has 37 heavy (non-hydrogen) atoms. The number of thiazole rings is 1. The van der Waals surface area contributed by atoms with Gasteiger partial charge in [-0.3, -0.25) is 9.36 Å². The van der Waals surface area contributed by atoms with Gasteiger partial charge < -0.3 is 23.7 Å². The number of carbonyl (C=O) groups excluding carboxylic acids is 1. The fourth-order valence-electron chi connectivity index (χ4n) is 4.20. The fourth-order valence-corrected chi connectivity index (χ4v) is 5.24. The number of nitrogens with zero attached hydrogens (tertiary/aromatic N) is 2. The summed E-state index contributed by atoms with van der Waals surface area (Å²) < 4.78 is 28.9. The standard InChI is InChI=1S/C27H28N2O7S/c1-7-36-26(31)23-15(2)28-27-29(24(23)16-8-10-18(32-3)11-9-16)25(30)22(37-27)13-17-12-20(34-5)21(35-6)14-19(17)33-4/h8-14,24H,7H2,1-6H3/t24-/m0/s1. The number of fused-ring (bicyclic) bond motifs is 1. The van der Waals surface area contributed by atoms with Crippen LogP contribution in [0.1, 0.15) is 31.0 Å². The van der Waals surface area contributed by atoms with Crippen molar-refractivity contribution in [3.63, 3.8) is 0 Å². The Balaban J connectivity index is 1.95. The minimum absolute atomic E-state index is 0.203. The molecule has 1 aliphatic rings. The van der Waals surface area contributed by atoms with Crippen LogP contribution in [0, 0.1) is 0 Å². The highest BCUT2D eigenvalue weighted by Gasteiger charge is 2.33. The topological polar surface area (TPSA) is 97.6 Å². The second-order valence-electron chi connectivity index (χ2n) is 8.02. The molecule has 9 nitrogen and oxygen atoms in total. The van der Waals surface area contributed by atoms with Crippen LogP contribution in [0.2, 0.25) is 0 Å². The van der Waals surface area contributed by atoms with E-state index in [1.807, 2.05) is 12.1 Å². The van der Waals surface area contributed by atoms with E-state index in [1.54, 1.807) is 58.4 Å². The van der Waals surface area contributed by atoms with Crippen LogP contribution in [0.4, 0.5) is 0 Å². The molecule has 0 saturated heterocycles. The van der Waals surface area contributed by atoms with Gasteiger partial charge in [0.15, 0.2) is 16.3 Å². The van der Waals surface area contributed by atoms with Crippen LogP contribution >= 0.6 is 11.3 Å². The first-order chi connectivity index (χ1) is 17.9. The quantitative estimate of drug-likeness (QED) is 0.418. The summed E-state index contributed by atoms with van der Waals surface area (Å²) in [6.45, 7) is 3.69. The number of hydrogen-bond acceptors (Lipinski definition) is 9. The van der Waals surface area contributed by atoms with Gasteiger partial charge in [-0.2, -0.15) is 0 Å². The maximum Gasteiger partial charge on any atom is 0.338 e. The summed E-state index contributed by atoms with van der Waals surface area (Å²) in [4.78, 5) is 31.9. The van der Waals surface area contributed by atoms with Crippen LogP contribution in [0.15, 0.2) is 57.5 Å². The second kappa shape index (κ2) is 10.9. The summed E-state index contributed by atoms with van der Waals surface area (Å²) in [5.41, 5.74) is 1.88. The van der Waals surface area contributed by atoms with Crippen molar-refractivity contribution in [3.05, 3.63) is 78.5 Å². The highest BCUT2D eigenvalue weighted by Crippen LogP contribution is 2.35. The van der Waals surface area contributed by atoms with Crippen molar-refractivity contribution in [1.82, 2.24) is 4.57 Å². The lowest BCUT2D eigenvalue weighted by molar-refractivity contribution is -0.139. The van der Waals surface area contributed by atoms with Crippen molar-refractivity contribution in [2.45, 2.75) is 19.9 Å². The minimum Gasteiger partial charge on any atom is -0.497 e. The molecular formula is C27H28N2O7S. The van der Waals surface area contributed by atoms with Crippen molar-refractivity contribution in [3.8, 4) is 23.0 Å². The molecule has 0 aliphatic carbocycles. The highest BCUT2D eigenvalue weighted by molar-refractivity contribution is 7.07. The Morgan fingerprint density at radius 3 is 2.24 bits per heavy atom. The lowest BCUT2D eigenvalue weighted by Gasteiger charge is -2.24. The van der Waals surface area contributed by atoms with Gasteiger partial charge in [-0.25, -0.2) is 9.79 Å². The third-order valence-electron chi connectivity index (χ3n) is 5.97. The van der Waals surface area contributed by atoms with Crippen molar-refractivity contribution in [2.24, 2.45) is 4.99 Å². The molecule has 3 aromatic rings. The van der Waals surface area contributed by atoms with E-state index in [0.29, 0.717) is 49.2 Å². The number of esters is 1. The molecule has 0 bridgehead atoms. The van der Waals surface area contributed by atoms with Gasteiger partial charge in [0.1, 0.15) is 11.5 Å². The zero-order chi connectivity index (χ0) is 26.7. The molecular weight excluding hydrogens is 496 g/mol. The number of ether oxygens (including phenoxy) is 5. The van der Waals surface area contributed by atoms with Gasteiger partial charge in [-0.1, -0.05) is 23.5 Å². The number of allylic oxidation sites excluding steroid dienone is 1. The first kappa shape index (κ1) is 26.0. The Labute approximate surface area is 217 Å². The predicted octanol–water partition coefficient (Wildman–Crippen LogP) is 2.83. The Kier molecular flexibility index (Phi) is 7.68. The molecule has 0 unspecified atom stereocenters. The molecule has 0 fully saturated rings. The van der Waals surface area contributed by atoms with E-state index in [0.717, 1.165) is 5.56 Å². The fraction of sp³-hybridized carbons (Fsp3) is 0.296. The van der Waals surface area contributed by atoms with Gasteiger partial charge in [0.2, 0.25) is 0 Å². The van der Waals surface area contributed by atoms with Gasteiger partial charge >= 0.3 is 5.97 Å². The van der Waals surface area contributed by atoms with Crippen molar-refractivity contribution in [2.75, 3.05) is 35.0 Å². The SMILES string of the molecule is CCOC(=O)C1=C(C)N=c2sc(=Cc3cc(OC)c(OC)cc3OC)c(=O)n2[C@H]1c1ccc(OC)cc1. The van der Waals surface area contributed by atoms with E-state index < -0.39 is 12.0 Å². The van der Waals surface area contributed by atoms with Crippen LogP contribution in [0.5, 0.6) is 23.0 Å². The molecule has 1 aromatic heterocycles. The number of rotatable bonds is 8.